The largest absolute Gasteiger partial charge is 0.296 e. The summed E-state index contributed by atoms with van der Waals surface area (Å²) in [4.78, 5) is 13.0. The fourth-order valence-corrected chi connectivity index (χ4v) is 4.78. The Kier molecular flexibility index (Phi) is 6.00. The van der Waals surface area contributed by atoms with Crippen molar-refractivity contribution in [2.45, 2.75) is 9.24 Å². The SMILES string of the molecule is CSc1ccccc1NS(=O)(=O)c1nnc(NC(=O)c2ccc(Cl)cc2)s1. The summed E-state index contributed by atoms with van der Waals surface area (Å²) in [6.07, 6.45) is 1.85. The van der Waals surface area contributed by atoms with Crippen molar-refractivity contribution in [1.82, 2.24) is 10.2 Å². The Hall–Kier alpha value is -2.14. The van der Waals surface area contributed by atoms with Gasteiger partial charge >= 0.3 is 0 Å². The molecule has 1 aromatic heterocycles. The van der Waals surface area contributed by atoms with E-state index in [0.29, 0.717) is 16.3 Å². The highest BCUT2D eigenvalue weighted by Crippen LogP contribution is 2.28. The third kappa shape index (κ3) is 4.78. The molecule has 1 heterocycles. The Morgan fingerprint density at radius 1 is 1.11 bits per heavy atom. The van der Waals surface area contributed by atoms with Crippen LogP contribution in [0.5, 0.6) is 0 Å². The Balaban J connectivity index is 1.76. The summed E-state index contributed by atoms with van der Waals surface area (Å²) in [5, 5.41) is 10.5. The van der Waals surface area contributed by atoms with Crippen molar-refractivity contribution in [2.24, 2.45) is 0 Å². The van der Waals surface area contributed by atoms with Crippen LogP contribution in [-0.4, -0.2) is 30.8 Å². The van der Waals surface area contributed by atoms with Crippen LogP contribution in [0.25, 0.3) is 0 Å². The molecule has 3 rings (SSSR count). The first kappa shape index (κ1) is 19.6. The number of carbonyl (C=O) groups excluding carboxylic acids is 1. The number of hydrogen-bond acceptors (Lipinski definition) is 7. The number of rotatable bonds is 6. The van der Waals surface area contributed by atoms with Crippen LogP contribution in [-0.2, 0) is 10.0 Å². The average Bonchev–Trinajstić information content (AvgIpc) is 3.12. The van der Waals surface area contributed by atoms with Crippen LogP contribution in [0.4, 0.5) is 10.8 Å². The number of halogens is 1. The standard InChI is InChI=1S/C16H13ClN4O3S3/c1-25-13-5-3-2-4-12(13)21-27(23,24)16-20-19-15(26-16)18-14(22)10-6-8-11(17)9-7-10/h2-9,21H,1H3,(H,18,19,22). The van der Waals surface area contributed by atoms with Gasteiger partial charge in [0.1, 0.15) is 0 Å². The number of hydrogen-bond donors (Lipinski definition) is 2. The summed E-state index contributed by atoms with van der Waals surface area (Å²) >= 11 is 7.97. The highest BCUT2D eigenvalue weighted by atomic mass is 35.5. The maximum absolute atomic E-state index is 12.5. The Labute approximate surface area is 169 Å². The van der Waals surface area contributed by atoms with Crippen LogP contribution in [0, 0.1) is 0 Å². The van der Waals surface area contributed by atoms with E-state index >= 15 is 0 Å². The zero-order chi connectivity index (χ0) is 19.4. The number of aromatic nitrogens is 2. The molecule has 2 N–H and O–H groups in total. The molecule has 140 valence electrons. The first-order chi connectivity index (χ1) is 12.9. The number of sulfonamides is 1. The molecule has 2 aromatic carbocycles. The molecular weight excluding hydrogens is 428 g/mol. The van der Waals surface area contributed by atoms with E-state index in [1.54, 1.807) is 42.5 Å². The number of nitrogens with zero attached hydrogens (tertiary/aromatic N) is 2. The molecule has 3 aromatic rings. The molecule has 0 aliphatic carbocycles. The lowest BCUT2D eigenvalue weighted by Crippen LogP contribution is -2.13. The van der Waals surface area contributed by atoms with Crippen molar-refractivity contribution in [1.29, 1.82) is 0 Å². The maximum atomic E-state index is 12.5. The second kappa shape index (κ2) is 8.26. The van der Waals surface area contributed by atoms with Crippen molar-refractivity contribution < 1.29 is 13.2 Å². The molecule has 0 aliphatic heterocycles. The topological polar surface area (TPSA) is 101 Å². The fraction of sp³-hybridized carbons (Fsp3) is 0.0625. The first-order valence-corrected chi connectivity index (χ1v) is 11.4. The van der Waals surface area contributed by atoms with Gasteiger partial charge in [-0.25, -0.2) is 0 Å². The summed E-state index contributed by atoms with van der Waals surface area (Å²) in [5.74, 6) is -0.438. The molecule has 0 bridgehead atoms. The van der Waals surface area contributed by atoms with Crippen LogP contribution in [0.2, 0.25) is 5.02 Å². The second-order valence-electron chi connectivity index (χ2n) is 5.14. The summed E-state index contributed by atoms with van der Waals surface area (Å²) in [5.41, 5.74) is 0.818. The van der Waals surface area contributed by atoms with Crippen molar-refractivity contribution in [2.75, 3.05) is 16.3 Å². The van der Waals surface area contributed by atoms with Gasteiger partial charge in [0.25, 0.3) is 20.3 Å². The van der Waals surface area contributed by atoms with E-state index in [9.17, 15) is 13.2 Å². The monoisotopic (exact) mass is 440 g/mol. The summed E-state index contributed by atoms with van der Waals surface area (Å²) in [6, 6.07) is 13.3. The Bertz CT molecular complexity index is 1070. The minimum absolute atomic E-state index is 0.0773. The van der Waals surface area contributed by atoms with Crippen LogP contribution >= 0.6 is 34.7 Å². The molecule has 0 saturated heterocycles. The summed E-state index contributed by atoms with van der Waals surface area (Å²) in [7, 11) is -3.92. The van der Waals surface area contributed by atoms with Crippen LogP contribution in [0.15, 0.2) is 57.8 Å². The van der Waals surface area contributed by atoms with E-state index in [-0.39, 0.29) is 9.47 Å². The first-order valence-electron chi connectivity index (χ1n) is 7.45. The molecule has 7 nitrogen and oxygen atoms in total. The predicted molar refractivity (Wildman–Crippen MR) is 108 cm³/mol. The molecular formula is C16H13ClN4O3S3. The van der Waals surface area contributed by atoms with E-state index in [0.717, 1.165) is 16.2 Å². The minimum atomic E-state index is -3.92. The molecule has 0 atom stereocenters. The van der Waals surface area contributed by atoms with E-state index in [4.69, 9.17) is 11.6 Å². The van der Waals surface area contributed by atoms with E-state index in [1.807, 2.05) is 12.3 Å². The number of amides is 1. The molecule has 0 fully saturated rings. The average molecular weight is 441 g/mol. The number of anilines is 2. The minimum Gasteiger partial charge on any atom is -0.296 e. The summed E-state index contributed by atoms with van der Waals surface area (Å²) in [6.45, 7) is 0. The highest BCUT2D eigenvalue weighted by molar-refractivity contribution is 7.99. The van der Waals surface area contributed by atoms with Crippen molar-refractivity contribution >= 4 is 61.4 Å². The Morgan fingerprint density at radius 3 is 2.52 bits per heavy atom. The normalized spacial score (nSPS) is 11.2. The van der Waals surface area contributed by atoms with E-state index in [2.05, 4.69) is 20.2 Å². The van der Waals surface area contributed by atoms with Crippen molar-refractivity contribution in [3.8, 4) is 0 Å². The van der Waals surface area contributed by atoms with Gasteiger partial charge in [-0.05, 0) is 42.7 Å². The zero-order valence-corrected chi connectivity index (χ0v) is 17.0. The van der Waals surface area contributed by atoms with Gasteiger partial charge < -0.3 is 0 Å². The molecule has 27 heavy (non-hydrogen) atoms. The van der Waals surface area contributed by atoms with E-state index in [1.165, 1.54) is 11.8 Å². The fourth-order valence-electron chi connectivity index (χ4n) is 2.06. The van der Waals surface area contributed by atoms with Gasteiger partial charge in [0.05, 0.1) is 5.69 Å². The number of thioether (sulfide) groups is 1. The van der Waals surface area contributed by atoms with Gasteiger partial charge in [0.2, 0.25) is 5.13 Å². The molecule has 0 spiro atoms. The van der Waals surface area contributed by atoms with Gasteiger partial charge in [-0.1, -0.05) is 35.1 Å². The number of benzene rings is 2. The van der Waals surface area contributed by atoms with Crippen LogP contribution in [0.3, 0.4) is 0 Å². The number of carbonyl (C=O) groups is 1. The quantitative estimate of drug-likeness (QED) is 0.444. The van der Waals surface area contributed by atoms with Crippen molar-refractivity contribution in [3.63, 3.8) is 0 Å². The van der Waals surface area contributed by atoms with Crippen LogP contribution < -0.4 is 10.0 Å². The maximum Gasteiger partial charge on any atom is 0.291 e. The highest BCUT2D eigenvalue weighted by Gasteiger charge is 2.22. The van der Waals surface area contributed by atoms with Gasteiger partial charge in [-0.3, -0.25) is 14.8 Å². The lowest BCUT2D eigenvalue weighted by Gasteiger charge is -2.08. The van der Waals surface area contributed by atoms with Gasteiger partial charge in [0, 0.05) is 15.5 Å². The smallest absolute Gasteiger partial charge is 0.291 e. The zero-order valence-electron chi connectivity index (χ0n) is 13.8. The number of para-hydroxylation sites is 1. The molecule has 1 amide bonds. The van der Waals surface area contributed by atoms with Crippen LogP contribution in [0.1, 0.15) is 10.4 Å². The molecule has 11 heteroatoms. The molecule has 0 aliphatic rings. The van der Waals surface area contributed by atoms with E-state index < -0.39 is 15.9 Å². The third-order valence-electron chi connectivity index (χ3n) is 3.31. The number of nitrogens with one attached hydrogen (secondary N) is 2. The van der Waals surface area contributed by atoms with Gasteiger partial charge in [0.15, 0.2) is 0 Å². The molecule has 0 unspecified atom stereocenters. The predicted octanol–water partition coefficient (Wildman–Crippen LogP) is 3.97. The molecule has 0 radical (unpaired) electrons. The lowest BCUT2D eigenvalue weighted by molar-refractivity contribution is 0.102. The second-order valence-corrected chi connectivity index (χ2v) is 9.26. The van der Waals surface area contributed by atoms with Crippen molar-refractivity contribution in [3.05, 3.63) is 59.1 Å². The Morgan fingerprint density at radius 2 is 1.81 bits per heavy atom. The summed E-state index contributed by atoms with van der Waals surface area (Å²) < 4.78 is 27.3. The van der Waals surface area contributed by atoms with Gasteiger partial charge in [-0.2, -0.15) is 8.42 Å². The lowest BCUT2D eigenvalue weighted by atomic mass is 10.2. The molecule has 0 saturated carbocycles. The third-order valence-corrected chi connectivity index (χ3v) is 6.93. The van der Waals surface area contributed by atoms with Gasteiger partial charge in [-0.15, -0.1) is 22.0 Å².